The standard InChI is InChI=1S/C26H48N2O6/c1-5-6-7-8-21(33-17(2)29)15-22(34-18(3)30)10-9-19-13-25(32-4)24(31)16-23(19)20-11-12-28-26(27)14-20/h19-26,28,31H,5-16,27H2,1-4H3/p+1/t19?,20?,21-,22+,23?,24?,25?,26?/m0/s1. The Morgan fingerprint density at radius 1 is 1.06 bits per heavy atom. The Hall–Kier alpha value is -1.22. The van der Waals surface area contributed by atoms with Crippen molar-refractivity contribution in [2.24, 2.45) is 23.5 Å². The van der Waals surface area contributed by atoms with Gasteiger partial charge in [0.15, 0.2) is 0 Å². The van der Waals surface area contributed by atoms with Crippen molar-refractivity contribution in [1.82, 2.24) is 0 Å². The molecule has 0 aromatic rings. The molecule has 8 heteroatoms. The number of piperidine rings is 1. The SMILES string of the molecule is CCCCC[C@@H](C[C@@H](CCC1CC(OC)C(O)CC1C1CC[NH2+]C(N)C1)OC(C)=O)OC(C)=O. The van der Waals surface area contributed by atoms with Crippen molar-refractivity contribution in [2.75, 3.05) is 13.7 Å². The first-order chi connectivity index (χ1) is 16.2. The molecule has 8 atom stereocenters. The largest absolute Gasteiger partial charge is 0.462 e. The zero-order valence-electron chi connectivity index (χ0n) is 21.7. The second-order valence-corrected chi connectivity index (χ2v) is 10.5. The third-order valence-corrected chi connectivity index (χ3v) is 7.75. The van der Waals surface area contributed by atoms with Crippen molar-refractivity contribution in [3.05, 3.63) is 0 Å². The van der Waals surface area contributed by atoms with Gasteiger partial charge >= 0.3 is 11.9 Å². The van der Waals surface area contributed by atoms with Crippen LogP contribution in [0.4, 0.5) is 0 Å². The molecule has 1 saturated heterocycles. The van der Waals surface area contributed by atoms with Gasteiger partial charge in [-0.05, 0) is 62.7 Å². The van der Waals surface area contributed by atoms with Gasteiger partial charge in [-0.15, -0.1) is 0 Å². The topological polar surface area (TPSA) is 125 Å². The number of aliphatic hydroxyl groups excluding tert-OH is 1. The van der Waals surface area contributed by atoms with Gasteiger partial charge in [0, 0.05) is 33.8 Å². The fraction of sp³-hybridized carbons (Fsp3) is 0.923. The number of methoxy groups -OCH3 is 1. The van der Waals surface area contributed by atoms with Crippen molar-refractivity contribution < 1.29 is 34.2 Å². The molecule has 0 aromatic carbocycles. The predicted octanol–water partition coefficient (Wildman–Crippen LogP) is 2.26. The van der Waals surface area contributed by atoms with E-state index in [-0.39, 0.29) is 36.4 Å². The van der Waals surface area contributed by atoms with Crippen molar-refractivity contribution in [2.45, 2.75) is 122 Å². The average Bonchev–Trinajstić information content (AvgIpc) is 2.77. The highest BCUT2D eigenvalue weighted by molar-refractivity contribution is 5.66. The summed E-state index contributed by atoms with van der Waals surface area (Å²) in [5.41, 5.74) is 6.25. The lowest BCUT2D eigenvalue weighted by molar-refractivity contribution is -0.699. The molecule has 6 unspecified atom stereocenters. The van der Waals surface area contributed by atoms with Crippen LogP contribution in [0.5, 0.6) is 0 Å². The molecule has 0 radical (unpaired) electrons. The zero-order valence-corrected chi connectivity index (χ0v) is 21.7. The summed E-state index contributed by atoms with van der Waals surface area (Å²) in [7, 11) is 1.67. The van der Waals surface area contributed by atoms with E-state index in [2.05, 4.69) is 12.2 Å². The molecule has 2 aliphatic rings. The molecular weight excluding hydrogens is 436 g/mol. The van der Waals surface area contributed by atoms with E-state index in [0.717, 1.165) is 64.3 Å². The van der Waals surface area contributed by atoms with Gasteiger partial charge in [-0.25, -0.2) is 0 Å². The summed E-state index contributed by atoms with van der Waals surface area (Å²) in [6.07, 6.45) is 8.64. The Morgan fingerprint density at radius 2 is 1.74 bits per heavy atom. The van der Waals surface area contributed by atoms with Gasteiger partial charge in [0.25, 0.3) is 0 Å². The van der Waals surface area contributed by atoms with Crippen LogP contribution in [0.25, 0.3) is 0 Å². The van der Waals surface area contributed by atoms with Crippen LogP contribution in [0.1, 0.15) is 91.4 Å². The molecule has 0 spiro atoms. The van der Waals surface area contributed by atoms with Gasteiger partial charge in [0.2, 0.25) is 0 Å². The minimum Gasteiger partial charge on any atom is -0.462 e. The minimum absolute atomic E-state index is 0.123. The first-order valence-corrected chi connectivity index (χ1v) is 13.4. The quantitative estimate of drug-likeness (QED) is 0.270. The first-order valence-electron chi connectivity index (χ1n) is 13.4. The van der Waals surface area contributed by atoms with Crippen LogP contribution >= 0.6 is 0 Å². The third-order valence-electron chi connectivity index (χ3n) is 7.75. The third kappa shape index (κ3) is 9.80. The zero-order chi connectivity index (χ0) is 25.1. The molecular formula is C26H49N2O6+. The number of aliphatic hydroxyl groups is 1. The molecule has 1 heterocycles. The van der Waals surface area contributed by atoms with Crippen molar-refractivity contribution in [3.63, 3.8) is 0 Å². The van der Waals surface area contributed by atoms with Crippen LogP contribution in [0, 0.1) is 17.8 Å². The highest BCUT2D eigenvalue weighted by Gasteiger charge is 2.42. The van der Waals surface area contributed by atoms with E-state index >= 15 is 0 Å². The van der Waals surface area contributed by atoms with Crippen molar-refractivity contribution in [1.29, 1.82) is 0 Å². The monoisotopic (exact) mass is 485 g/mol. The number of carbonyl (C=O) groups excluding carboxylic acids is 2. The Morgan fingerprint density at radius 3 is 2.32 bits per heavy atom. The molecule has 2 rings (SSSR count). The molecule has 0 aromatic heterocycles. The van der Waals surface area contributed by atoms with Crippen LogP contribution in [-0.2, 0) is 23.8 Å². The van der Waals surface area contributed by atoms with E-state index in [1.165, 1.54) is 13.8 Å². The number of hydrogen-bond acceptors (Lipinski definition) is 7. The summed E-state index contributed by atoms with van der Waals surface area (Å²) in [6.45, 7) is 6.04. The lowest BCUT2D eigenvalue weighted by Crippen LogP contribution is -2.94. The fourth-order valence-corrected chi connectivity index (χ4v) is 6.13. The van der Waals surface area contributed by atoms with Crippen LogP contribution in [-0.4, -0.2) is 61.3 Å². The molecule has 5 N–H and O–H groups in total. The molecule has 8 nitrogen and oxygen atoms in total. The lowest BCUT2D eigenvalue weighted by atomic mass is 9.66. The number of esters is 2. The number of carbonyl (C=O) groups is 2. The molecule has 1 aliphatic heterocycles. The van der Waals surface area contributed by atoms with Gasteiger partial charge < -0.3 is 24.6 Å². The summed E-state index contributed by atoms with van der Waals surface area (Å²) in [4.78, 5) is 23.5. The maximum Gasteiger partial charge on any atom is 0.302 e. The van der Waals surface area contributed by atoms with E-state index in [1.807, 2.05) is 0 Å². The Bertz CT molecular complexity index is 618. The van der Waals surface area contributed by atoms with Crippen LogP contribution in [0.2, 0.25) is 0 Å². The van der Waals surface area contributed by atoms with Gasteiger partial charge in [-0.3, -0.25) is 15.3 Å². The van der Waals surface area contributed by atoms with Crippen molar-refractivity contribution >= 4 is 11.9 Å². The van der Waals surface area contributed by atoms with Crippen molar-refractivity contribution in [3.8, 4) is 0 Å². The average molecular weight is 486 g/mol. The van der Waals surface area contributed by atoms with E-state index in [1.54, 1.807) is 7.11 Å². The van der Waals surface area contributed by atoms with Gasteiger partial charge in [0.05, 0.1) is 18.8 Å². The molecule has 198 valence electrons. The minimum atomic E-state index is -0.454. The molecule has 2 fully saturated rings. The van der Waals surface area contributed by atoms with Crippen LogP contribution < -0.4 is 11.1 Å². The van der Waals surface area contributed by atoms with E-state index in [4.69, 9.17) is 19.9 Å². The molecule has 0 amide bonds. The second kappa shape index (κ2) is 15.0. The number of quaternary nitrogens is 1. The number of rotatable bonds is 13. The normalized spacial score (nSPS) is 31.5. The molecule has 0 bridgehead atoms. The lowest BCUT2D eigenvalue weighted by Gasteiger charge is -2.44. The summed E-state index contributed by atoms with van der Waals surface area (Å²) in [5, 5.41) is 12.9. The first kappa shape index (κ1) is 29.0. The van der Waals surface area contributed by atoms with E-state index in [9.17, 15) is 14.7 Å². The summed E-state index contributed by atoms with van der Waals surface area (Å²) in [5.74, 6) is 0.645. The summed E-state index contributed by atoms with van der Waals surface area (Å²) >= 11 is 0. The summed E-state index contributed by atoms with van der Waals surface area (Å²) < 4.78 is 16.9. The van der Waals surface area contributed by atoms with E-state index in [0.29, 0.717) is 30.6 Å². The molecule has 1 saturated carbocycles. The maximum absolute atomic E-state index is 11.9. The smallest absolute Gasteiger partial charge is 0.302 e. The Balaban J connectivity index is 2.07. The van der Waals surface area contributed by atoms with E-state index < -0.39 is 6.10 Å². The fourth-order valence-electron chi connectivity index (χ4n) is 6.13. The maximum atomic E-state index is 11.9. The van der Waals surface area contributed by atoms with Gasteiger partial charge in [0.1, 0.15) is 18.4 Å². The van der Waals surface area contributed by atoms with Crippen LogP contribution in [0.3, 0.4) is 0 Å². The molecule has 34 heavy (non-hydrogen) atoms. The van der Waals surface area contributed by atoms with Crippen LogP contribution in [0.15, 0.2) is 0 Å². The number of nitrogens with two attached hydrogens (primary N) is 2. The molecule has 1 aliphatic carbocycles. The summed E-state index contributed by atoms with van der Waals surface area (Å²) in [6, 6.07) is 0. The highest BCUT2D eigenvalue weighted by Crippen LogP contribution is 2.42. The van der Waals surface area contributed by atoms with Gasteiger partial charge in [-0.1, -0.05) is 19.8 Å². The van der Waals surface area contributed by atoms with Gasteiger partial charge in [-0.2, -0.15) is 0 Å². The Kier molecular flexibility index (Phi) is 12.8. The predicted molar refractivity (Wildman–Crippen MR) is 130 cm³/mol. The number of hydrogen-bond donors (Lipinski definition) is 3. The second-order valence-electron chi connectivity index (χ2n) is 10.5. The Labute approximate surface area is 205 Å². The number of unbranched alkanes of at least 4 members (excludes halogenated alkanes) is 2. The highest BCUT2D eigenvalue weighted by atomic mass is 16.6. The number of ether oxygens (including phenoxy) is 3.